The van der Waals surface area contributed by atoms with Gasteiger partial charge in [0.05, 0.1) is 152 Å². The van der Waals surface area contributed by atoms with E-state index in [-0.39, 0.29) is 134 Å². The summed E-state index contributed by atoms with van der Waals surface area (Å²) >= 11 is 5.58. The second kappa shape index (κ2) is 55.6. The highest BCUT2D eigenvalue weighted by Gasteiger charge is 2.50. The van der Waals surface area contributed by atoms with Gasteiger partial charge < -0.3 is 119 Å². The SMILES string of the molecule is CO[C@H]1C[C@@H]2CCC[C@@](O)(O2)C(=O)C(=O)N2CCCC[C@H]2C(=O)O[C@H]([C@H](N)C[C@@H]2CC[C@@H](OC(=S)NCCOCCOCCOCCOCCOCCOCCOCCOCCC(=O)NCCS(=O)c3ccc(C(=O)N4CCOc5ccc(-c6ccc(N)nc6)cc5C4)c(C)c3F)[C@H](OC)C2)C[C@@H](O)[C@H](C)/C=C(\C)[C@@H](O)[C@@H](O)C(=O)[C@H](C)C[C@H](C)/C=C/C=CC=C1C. The van der Waals surface area contributed by atoms with Crippen LogP contribution in [-0.4, -0.2) is 305 Å². The number of halogens is 1. The van der Waals surface area contributed by atoms with Gasteiger partial charge in [0.1, 0.15) is 54.4 Å². The first-order valence-corrected chi connectivity index (χ1v) is 46.1. The number of aliphatic hydroxyl groups is 4. The Balaban J connectivity index is 0.633. The zero-order valence-corrected chi connectivity index (χ0v) is 76.5. The van der Waals surface area contributed by atoms with Crippen LogP contribution < -0.4 is 26.8 Å². The number of aliphatic hydroxyl groups excluding tert-OH is 3. The molecule has 127 heavy (non-hydrogen) atoms. The standard InChI is InChI=1S/C92H136FN7O25S2/c1-60-15-10-9-11-16-61(2)77(112-7)56-70-17-14-28-92(110,125-70)87(106)89(108)100-31-13-12-18-73(100)90(109)123-78(57-74(101)62(3)52-64(5)85(104)86(105)84(103)63(4)51-60)72(94)53-66-19-23-76(79(54-66)113-8)124-91(126)97-29-34-115-37-39-117-41-43-119-45-47-121-49-48-120-46-44-118-42-40-116-38-36-114-33-27-82(102)96-30-50-127(111)80-25-22-71(65(6)83(80)93)88(107)99-32-35-122-75-24-20-67(55-69(75)59-99)68-21-26-81(95)98-58-68/h9-11,15-16,20-22,24-26,52,55,58,60,62-63,66,70,72-74,76-79,85-86,101,104-105,110H,12-14,17-19,23,27-51,53-54,56-57,59,94H2,1-8H3,(H2,95,98)(H,96,102)(H,97,126)/b11-9?,15-10+,61-16?,64-52+/t60-,62-,63-,66+,70+,72-,73+,74-,76-,77+,78+,79-,85-,86+,92-,127?/m1/s1. The van der Waals surface area contributed by atoms with E-state index >= 15 is 4.39 Å². The number of amides is 3. The van der Waals surface area contributed by atoms with Crippen LogP contribution >= 0.6 is 12.2 Å². The van der Waals surface area contributed by atoms with E-state index in [1.54, 1.807) is 58.2 Å². The fraction of sp³-hybridized carbons (Fsp3) is 0.652. The van der Waals surface area contributed by atoms with Gasteiger partial charge in [-0.05, 0) is 168 Å². The zero-order chi connectivity index (χ0) is 91.8. The van der Waals surface area contributed by atoms with E-state index in [1.165, 1.54) is 19.1 Å². The lowest BCUT2D eigenvalue weighted by molar-refractivity contribution is -0.245. The lowest BCUT2D eigenvalue weighted by atomic mass is 9.80. The fourth-order valence-electron chi connectivity index (χ4n) is 16.0. The molecule has 32 nitrogen and oxygen atoms in total. The van der Waals surface area contributed by atoms with Gasteiger partial charge in [-0.15, -0.1) is 0 Å². The largest absolute Gasteiger partial charge is 0.491 e. The molecular weight excluding hydrogens is 1690 g/mol. The molecule has 8 rings (SSSR count). The summed E-state index contributed by atoms with van der Waals surface area (Å²) in [6.45, 7) is 17.0. The van der Waals surface area contributed by atoms with Gasteiger partial charge in [-0.2, -0.15) is 0 Å². The number of hydrogen-bond donors (Lipinski definition) is 8. The summed E-state index contributed by atoms with van der Waals surface area (Å²) in [7, 11) is 1.35. The number of nitrogens with two attached hydrogens (primary N) is 2. The number of anilines is 1. The Hall–Kier alpha value is -7.50. The first-order chi connectivity index (χ1) is 61.1. The minimum atomic E-state index is -2.45. The van der Waals surface area contributed by atoms with Crippen molar-refractivity contribution in [3.8, 4) is 16.9 Å². The predicted molar refractivity (Wildman–Crippen MR) is 476 cm³/mol. The molecule has 1 aromatic heterocycles. The summed E-state index contributed by atoms with van der Waals surface area (Å²) in [4.78, 5) is 89.9. The number of fused-ring (bicyclic) bond motifs is 4. The van der Waals surface area contributed by atoms with Crippen LogP contribution in [0.4, 0.5) is 10.2 Å². The number of nitrogens with one attached hydrogen (secondary N) is 2. The molecule has 35 heteroatoms. The number of rotatable bonds is 39. The molecular formula is C92H136FN7O25S2. The summed E-state index contributed by atoms with van der Waals surface area (Å²) in [6.07, 6.45) is 9.45. The van der Waals surface area contributed by atoms with E-state index in [2.05, 4.69) is 15.6 Å². The van der Waals surface area contributed by atoms with E-state index in [9.17, 15) is 53.4 Å². The number of thiocarbonyl (C=S) groups is 1. The highest BCUT2D eigenvalue weighted by atomic mass is 32.2. The molecule has 2 saturated heterocycles. The highest BCUT2D eigenvalue weighted by molar-refractivity contribution is 7.85. The molecule has 16 atom stereocenters. The average Bonchev–Trinajstić information content (AvgIpc) is 1.61. The number of carbonyl (C=O) groups is 6. The summed E-state index contributed by atoms with van der Waals surface area (Å²) in [6, 6.07) is 10.0. The summed E-state index contributed by atoms with van der Waals surface area (Å²) in [5.41, 5.74) is 16.7. The van der Waals surface area contributed by atoms with Gasteiger partial charge in [-0.3, -0.25) is 28.2 Å². The van der Waals surface area contributed by atoms with E-state index in [0.717, 1.165) is 27.2 Å². The molecule has 3 fully saturated rings. The number of ketones is 2. The Bertz CT molecular complexity index is 4110. The molecule has 4 aliphatic heterocycles. The molecule has 5 heterocycles. The number of Topliss-reactive ketones (excluding diaryl/α,β-unsaturated/α-hetero) is 2. The smallest absolute Gasteiger partial charge is 0.329 e. The van der Waals surface area contributed by atoms with Gasteiger partial charge in [0.15, 0.2) is 5.78 Å². The van der Waals surface area contributed by atoms with Crippen LogP contribution in [0.5, 0.6) is 5.75 Å². The maximum atomic E-state index is 15.7. The molecule has 5 aliphatic rings. The van der Waals surface area contributed by atoms with Gasteiger partial charge in [0.25, 0.3) is 22.8 Å². The second-order valence-corrected chi connectivity index (χ2v) is 35.0. The van der Waals surface area contributed by atoms with Crippen LogP contribution in [-0.2, 0) is 103 Å². The third kappa shape index (κ3) is 34.3. The Morgan fingerprint density at radius 1 is 0.717 bits per heavy atom. The number of benzene rings is 2. The van der Waals surface area contributed by atoms with Gasteiger partial charge in [-0.1, -0.05) is 63.3 Å². The molecule has 0 spiro atoms. The summed E-state index contributed by atoms with van der Waals surface area (Å²) < 4.78 is 110. The Kier molecular flexibility index (Phi) is 45.9. The van der Waals surface area contributed by atoms with Crippen molar-refractivity contribution in [3.05, 3.63) is 119 Å². The van der Waals surface area contributed by atoms with Crippen LogP contribution in [0.25, 0.3) is 11.1 Å². The first kappa shape index (κ1) is 105. The second-order valence-electron chi connectivity index (χ2n) is 33.0. The predicted octanol–water partition coefficient (Wildman–Crippen LogP) is 7.24. The normalized spacial score (nSPS) is 26.4. The fourth-order valence-corrected chi connectivity index (χ4v) is 17.3. The van der Waals surface area contributed by atoms with E-state index in [0.29, 0.717) is 168 Å². The first-order valence-electron chi connectivity index (χ1n) is 44.4. The maximum absolute atomic E-state index is 15.7. The summed E-state index contributed by atoms with van der Waals surface area (Å²) in [5, 5.41) is 52.3. The van der Waals surface area contributed by atoms with Crippen LogP contribution in [0.15, 0.2) is 101 Å². The number of nitrogen functional groups attached to an aromatic ring is 1. The molecule has 10 N–H and O–H groups in total. The van der Waals surface area contributed by atoms with Gasteiger partial charge in [-0.25, -0.2) is 14.2 Å². The highest BCUT2D eigenvalue weighted by Crippen LogP contribution is 2.37. The van der Waals surface area contributed by atoms with Crippen molar-refractivity contribution in [2.24, 2.45) is 29.4 Å². The molecule has 3 amide bonds. The minimum absolute atomic E-state index is 0.0289. The van der Waals surface area contributed by atoms with Crippen LogP contribution in [0.2, 0.25) is 0 Å². The van der Waals surface area contributed by atoms with Crippen molar-refractivity contribution in [2.45, 2.75) is 210 Å². The third-order valence-corrected chi connectivity index (χ3v) is 25.0. The number of carbonyl (C=O) groups excluding carboxylic acids is 6. The number of piperidine rings is 1. The quantitative estimate of drug-likeness (QED) is 0.00917. The number of ether oxygens (including phenoxy) is 14. The molecule has 0 radical (unpaired) electrons. The van der Waals surface area contributed by atoms with Gasteiger partial charge >= 0.3 is 5.97 Å². The van der Waals surface area contributed by atoms with E-state index in [4.69, 9.17) is 90.0 Å². The molecule has 1 saturated carbocycles. The molecule has 2 aromatic carbocycles. The van der Waals surface area contributed by atoms with Crippen molar-refractivity contribution in [1.82, 2.24) is 25.4 Å². The minimum Gasteiger partial charge on any atom is -0.491 e. The number of pyridine rings is 1. The van der Waals surface area contributed by atoms with Crippen molar-refractivity contribution < 1.29 is 124 Å². The molecule has 1 unspecified atom stereocenters. The van der Waals surface area contributed by atoms with E-state index in [1.807, 2.05) is 68.5 Å². The zero-order valence-electron chi connectivity index (χ0n) is 74.9. The number of cyclic esters (lactones) is 1. The Morgan fingerprint density at radius 2 is 1.37 bits per heavy atom. The van der Waals surface area contributed by atoms with Crippen LogP contribution in [0, 0.1) is 36.4 Å². The van der Waals surface area contributed by atoms with Crippen molar-refractivity contribution in [1.29, 1.82) is 0 Å². The lowest BCUT2D eigenvalue weighted by Crippen LogP contribution is -2.58. The van der Waals surface area contributed by atoms with Crippen molar-refractivity contribution in [2.75, 3.05) is 164 Å². The topological polar surface area (TPSA) is 425 Å². The van der Waals surface area contributed by atoms with Crippen molar-refractivity contribution >= 4 is 69.3 Å². The lowest BCUT2D eigenvalue weighted by Gasteiger charge is -2.40. The van der Waals surface area contributed by atoms with E-state index < -0.39 is 119 Å². The van der Waals surface area contributed by atoms with Crippen molar-refractivity contribution in [3.63, 3.8) is 0 Å². The Morgan fingerprint density at radius 3 is 2.02 bits per heavy atom. The average molecular weight is 1820 g/mol. The molecule has 708 valence electrons. The van der Waals surface area contributed by atoms with Gasteiger partial charge in [0.2, 0.25) is 11.7 Å². The third-order valence-electron chi connectivity index (χ3n) is 23.4. The van der Waals surface area contributed by atoms with Gasteiger partial charge in [0, 0.05) is 113 Å². The summed E-state index contributed by atoms with van der Waals surface area (Å²) in [5.74, 6) is -7.93. The number of allylic oxidation sites excluding steroid dienone is 5. The molecule has 2 bridgehead atoms. The Labute approximate surface area is 753 Å². The number of nitrogens with zero attached hydrogens (tertiary/aromatic N) is 3. The number of methoxy groups -OCH3 is 2. The number of hydrogen-bond acceptors (Lipinski definition) is 29. The monoisotopic (exact) mass is 1820 g/mol. The molecule has 1 aliphatic carbocycles. The number of esters is 1. The number of aromatic nitrogens is 1. The van der Waals surface area contributed by atoms with Crippen LogP contribution in [0.1, 0.15) is 146 Å². The molecule has 3 aromatic rings. The maximum Gasteiger partial charge on any atom is 0.329 e. The van der Waals surface area contributed by atoms with Crippen LogP contribution in [0.3, 0.4) is 0 Å².